The van der Waals surface area contributed by atoms with Gasteiger partial charge in [0, 0.05) is 0 Å². The van der Waals surface area contributed by atoms with Crippen LogP contribution >= 0.6 is 22.9 Å². The molecular weight excluding hydrogens is 302 g/mol. The Bertz CT molecular complexity index is 724. The van der Waals surface area contributed by atoms with E-state index in [4.69, 9.17) is 11.6 Å². The largest absolute Gasteiger partial charge is 0.318 e. The third-order valence-corrected chi connectivity index (χ3v) is 3.27. The van der Waals surface area contributed by atoms with Gasteiger partial charge < -0.3 is 5.32 Å². The third kappa shape index (κ3) is 2.63. The molecule has 0 saturated carbocycles. The summed E-state index contributed by atoms with van der Waals surface area (Å²) in [4.78, 5) is 19.8. The Hall–Kier alpha value is -2.39. The molecule has 8 nitrogen and oxygen atoms in total. The number of rotatable bonds is 3. The first-order valence-electron chi connectivity index (χ1n) is 5.34. The number of nitrogens with zero attached hydrogens (tertiary/aromatic N) is 6. The van der Waals surface area contributed by atoms with Crippen LogP contribution in [0.25, 0.3) is 5.82 Å². The van der Waals surface area contributed by atoms with Crippen LogP contribution in [0, 0.1) is 0 Å². The first-order chi connectivity index (χ1) is 9.72. The molecule has 3 heterocycles. The summed E-state index contributed by atoms with van der Waals surface area (Å²) in [5, 5.41) is 14.0. The average Bonchev–Trinajstić information content (AvgIpc) is 3.10. The number of aromatic nitrogens is 6. The molecule has 0 spiro atoms. The van der Waals surface area contributed by atoms with Crippen LogP contribution in [-0.4, -0.2) is 35.9 Å². The van der Waals surface area contributed by atoms with Gasteiger partial charge in [-0.2, -0.15) is 5.10 Å². The van der Waals surface area contributed by atoms with Gasteiger partial charge in [0.1, 0.15) is 12.7 Å². The van der Waals surface area contributed by atoms with Gasteiger partial charge in [-0.1, -0.05) is 11.3 Å². The number of halogens is 1. The second-order valence-corrected chi connectivity index (χ2v) is 5.12. The predicted octanol–water partition coefficient (Wildman–Crippen LogP) is 1.42. The van der Waals surface area contributed by atoms with Gasteiger partial charge in [0.25, 0.3) is 5.91 Å². The zero-order valence-corrected chi connectivity index (χ0v) is 11.3. The van der Waals surface area contributed by atoms with Gasteiger partial charge in [-0.25, -0.2) is 14.6 Å². The zero-order valence-electron chi connectivity index (χ0n) is 9.76. The van der Waals surface area contributed by atoms with Gasteiger partial charge >= 0.3 is 0 Å². The molecular formula is C10H6ClN7OS. The highest BCUT2D eigenvalue weighted by molar-refractivity contribution is 7.17. The quantitative estimate of drug-likeness (QED) is 0.785. The van der Waals surface area contributed by atoms with Gasteiger partial charge in [0.05, 0.1) is 11.9 Å². The fraction of sp³-hybridized carbons (Fsp3) is 0. The number of pyridine rings is 1. The Kier molecular flexibility index (Phi) is 3.35. The van der Waals surface area contributed by atoms with E-state index >= 15 is 0 Å². The molecule has 1 amide bonds. The molecule has 100 valence electrons. The molecule has 0 aliphatic rings. The van der Waals surface area contributed by atoms with Gasteiger partial charge in [-0.05, 0) is 23.7 Å². The number of hydrogen-bond acceptors (Lipinski definition) is 7. The molecule has 0 aliphatic carbocycles. The van der Waals surface area contributed by atoms with Crippen LogP contribution in [0.3, 0.4) is 0 Å². The normalized spacial score (nSPS) is 10.4. The summed E-state index contributed by atoms with van der Waals surface area (Å²) < 4.78 is 1.73. The van der Waals surface area contributed by atoms with E-state index in [1.54, 1.807) is 12.1 Å². The summed E-state index contributed by atoms with van der Waals surface area (Å²) in [6, 6.07) is 3.40. The van der Waals surface area contributed by atoms with Crippen molar-refractivity contribution in [2.45, 2.75) is 0 Å². The first-order valence-corrected chi connectivity index (χ1v) is 6.53. The van der Waals surface area contributed by atoms with Crippen LogP contribution in [-0.2, 0) is 0 Å². The lowest BCUT2D eigenvalue weighted by Crippen LogP contribution is -2.12. The Morgan fingerprint density at radius 3 is 2.85 bits per heavy atom. The molecule has 0 bridgehead atoms. The number of anilines is 1. The number of nitrogens with one attached hydrogen (secondary N) is 1. The van der Waals surface area contributed by atoms with Crippen LogP contribution in [0.4, 0.5) is 5.69 Å². The van der Waals surface area contributed by atoms with Crippen molar-refractivity contribution in [2.75, 3.05) is 5.32 Å². The minimum Gasteiger partial charge on any atom is -0.318 e. The van der Waals surface area contributed by atoms with Crippen molar-refractivity contribution in [1.29, 1.82) is 0 Å². The summed E-state index contributed by atoms with van der Waals surface area (Å²) >= 11 is 6.63. The maximum absolute atomic E-state index is 11.8. The third-order valence-electron chi connectivity index (χ3n) is 2.25. The molecule has 0 atom stereocenters. The fourth-order valence-corrected chi connectivity index (χ4v) is 2.13. The Labute approximate surface area is 121 Å². The van der Waals surface area contributed by atoms with E-state index in [1.807, 2.05) is 0 Å². The minimum atomic E-state index is -0.385. The standard InChI is InChI=1S/C10H6ClN7OS/c11-10-17-16-9(20-10)8(19)15-6-1-2-7(13-3-6)18-5-12-4-14-18/h1-5H,(H,15,19). The lowest BCUT2D eigenvalue weighted by Gasteiger charge is -2.03. The second kappa shape index (κ2) is 5.31. The zero-order chi connectivity index (χ0) is 13.9. The van der Waals surface area contributed by atoms with Crippen LogP contribution in [0.2, 0.25) is 4.47 Å². The predicted molar refractivity (Wildman–Crippen MR) is 72.0 cm³/mol. The highest BCUT2D eigenvalue weighted by Crippen LogP contribution is 2.16. The molecule has 3 rings (SSSR count). The highest BCUT2D eigenvalue weighted by Gasteiger charge is 2.12. The van der Waals surface area contributed by atoms with Crippen molar-refractivity contribution in [3.63, 3.8) is 0 Å². The second-order valence-electron chi connectivity index (χ2n) is 3.56. The molecule has 3 aromatic rings. The van der Waals surface area contributed by atoms with Crippen LogP contribution < -0.4 is 5.32 Å². The van der Waals surface area contributed by atoms with Crippen molar-refractivity contribution >= 4 is 34.5 Å². The number of carbonyl (C=O) groups is 1. The van der Waals surface area contributed by atoms with E-state index < -0.39 is 0 Å². The topological polar surface area (TPSA) is 98.5 Å². The lowest BCUT2D eigenvalue weighted by atomic mass is 10.4. The molecule has 20 heavy (non-hydrogen) atoms. The van der Waals surface area contributed by atoms with Crippen LogP contribution in [0.5, 0.6) is 0 Å². The number of carbonyl (C=O) groups excluding carboxylic acids is 1. The summed E-state index contributed by atoms with van der Waals surface area (Å²) in [7, 11) is 0. The van der Waals surface area contributed by atoms with Gasteiger partial charge in [0.15, 0.2) is 5.82 Å². The van der Waals surface area contributed by atoms with Crippen LogP contribution in [0.15, 0.2) is 31.0 Å². The lowest BCUT2D eigenvalue weighted by molar-refractivity contribution is 0.102. The van der Waals surface area contributed by atoms with E-state index in [-0.39, 0.29) is 15.4 Å². The van der Waals surface area contributed by atoms with E-state index in [0.29, 0.717) is 11.5 Å². The first kappa shape index (κ1) is 12.6. The molecule has 10 heteroatoms. The van der Waals surface area contributed by atoms with Crippen molar-refractivity contribution < 1.29 is 4.79 Å². The smallest absolute Gasteiger partial charge is 0.286 e. The molecule has 0 aromatic carbocycles. The molecule has 0 radical (unpaired) electrons. The molecule has 0 unspecified atom stereocenters. The Morgan fingerprint density at radius 2 is 2.25 bits per heavy atom. The molecule has 1 N–H and O–H groups in total. The van der Waals surface area contributed by atoms with E-state index in [0.717, 1.165) is 11.3 Å². The van der Waals surface area contributed by atoms with Crippen molar-refractivity contribution in [2.24, 2.45) is 0 Å². The summed E-state index contributed by atoms with van der Waals surface area (Å²) in [6.07, 6.45) is 4.46. The molecule has 0 fully saturated rings. The summed E-state index contributed by atoms with van der Waals surface area (Å²) in [5.74, 6) is 0.212. The Balaban J connectivity index is 1.74. The van der Waals surface area contributed by atoms with Gasteiger partial charge in [0.2, 0.25) is 9.47 Å². The fourth-order valence-electron chi connectivity index (χ4n) is 1.40. The average molecular weight is 308 g/mol. The maximum Gasteiger partial charge on any atom is 0.286 e. The molecule has 3 aromatic heterocycles. The molecule has 0 aliphatic heterocycles. The van der Waals surface area contributed by atoms with Gasteiger partial charge in [-0.15, -0.1) is 10.2 Å². The highest BCUT2D eigenvalue weighted by atomic mass is 35.5. The summed E-state index contributed by atoms with van der Waals surface area (Å²) in [5.41, 5.74) is 0.533. The number of amides is 1. The van der Waals surface area contributed by atoms with Crippen LogP contribution in [0.1, 0.15) is 9.80 Å². The van der Waals surface area contributed by atoms with Crippen molar-refractivity contribution in [3.05, 3.63) is 40.5 Å². The van der Waals surface area contributed by atoms with Crippen molar-refractivity contribution in [1.82, 2.24) is 29.9 Å². The maximum atomic E-state index is 11.8. The van der Waals surface area contributed by atoms with E-state index in [2.05, 4.69) is 30.6 Å². The van der Waals surface area contributed by atoms with E-state index in [9.17, 15) is 4.79 Å². The summed E-state index contributed by atoms with van der Waals surface area (Å²) in [6.45, 7) is 0. The number of hydrogen-bond donors (Lipinski definition) is 1. The van der Waals surface area contributed by atoms with E-state index in [1.165, 1.54) is 23.5 Å². The molecule has 0 saturated heterocycles. The van der Waals surface area contributed by atoms with Crippen molar-refractivity contribution in [3.8, 4) is 5.82 Å². The SMILES string of the molecule is O=C(Nc1ccc(-n2cncn2)nc1)c1nnc(Cl)s1. The monoisotopic (exact) mass is 307 g/mol. The Morgan fingerprint density at radius 1 is 1.35 bits per heavy atom. The minimum absolute atomic E-state index is 0.190. The van der Waals surface area contributed by atoms with Gasteiger partial charge in [-0.3, -0.25) is 4.79 Å².